The average Bonchev–Trinajstić information content (AvgIpc) is 3.05. The van der Waals surface area contributed by atoms with Gasteiger partial charge in [0.2, 0.25) is 0 Å². The van der Waals surface area contributed by atoms with Crippen molar-refractivity contribution in [3.8, 4) is 5.75 Å². The van der Waals surface area contributed by atoms with Crippen molar-refractivity contribution in [3.63, 3.8) is 0 Å². The number of aromatic amines is 1. The standard InChI is InChI=1S/C24H30N2O4/c1-4-5-16-10-15-12-24(23(28)29-3)21-18(8-9-26(13-15)22(16)24)19-11-17(30-14(2)27)6-7-20(19)25-21/h6-7,11,15-16,22,25H,4-5,8-10,12-13H2,1-3H3. The van der Waals surface area contributed by atoms with Crippen molar-refractivity contribution in [2.75, 3.05) is 20.2 Å². The van der Waals surface area contributed by atoms with E-state index in [1.54, 1.807) is 0 Å². The topological polar surface area (TPSA) is 71.6 Å². The van der Waals surface area contributed by atoms with Crippen LogP contribution in [0.15, 0.2) is 18.2 Å². The van der Waals surface area contributed by atoms with Crippen molar-refractivity contribution in [3.05, 3.63) is 29.5 Å². The number of ether oxygens (including phenoxy) is 2. The molecule has 4 aliphatic rings. The molecule has 1 aromatic heterocycles. The highest BCUT2D eigenvalue weighted by Gasteiger charge is 2.62. The number of esters is 2. The van der Waals surface area contributed by atoms with Gasteiger partial charge in [0.1, 0.15) is 11.2 Å². The number of carbonyl (C=O) groups excluding carboxylic acids is 2. The van der Waals surface area contributed by atoms with Gasteiger partial charge >= 0.3 is 11.9 Å². The maximum absolute atomic E-state index is 13.5. The van der Waals surface area contributed by atoms with Gasteiger partial charge in [-0.1, -0.05) is 13.3 Å². The first kappa shape index (κ1) is 19.6. The molecule has 6 heteroatoms. The molecule has 6 nitrogen and oxygen atoms in total. The van der Waals surface area contributed by atoms with E-state index in [1.165, 1.54) is 26.0 Å². The Kier molecular flexibility index (Phi) is 4.65. The molecule has 4 heterocycles. The molecule has 3 aliphatic heterocycles. The first-order valence-electron chi connectivity index (χ1n) is 11.1. The lowest BCUT2D eigenvalue weighted by Gasteiger charge is -2.58. The van der Waals surface area contributed by atoms with Gasteiger partial charge in [0.25, 0.3) is 0 Å². The molecule has 0 radical (unpaired) electrons. The number of fused-ring (bicyclic) bond motifs is 4. The molecule has 0 amide bonds. The summed E-state index contributed by atoms with van der Waals surface area (Å²) in [6, 6.07) is 5.87. The molecule has 2 aromatic rings. The number of hydrogen-bond acceptors (Lipinski definition) is 5. The Morgan fingerprint density at radius 2 is 2.17 bits per heavy atom. The van der Waals surface area contributed by atoms with Gasteiger partial charge in [-0.25, -0.2) is 0 Å². The quantitative estimate of drug-likeness (QED) is 0.616. The molecule has 5 unspecified atom stereocenters. The van der Waals surface area contributed by atoms with Gasteiger partial charge < -0.3 is 14.5 Å². The van der Waals surface area contributed by atoms with E-state index < -0.39 is 5.41 Å². The maximum Gasteiger partial charge on any atom is 0.319 e. The van der Waals surface area contributed by atoms with Crippen LogP contribution in [0, 0.1) is 11.8 Å². The van der Waals surface area contributed by atoms with Crippen LogP contribution in [0.3, 0.4) is 0 Å². The van der Waals surface area contributed by atoms with E-state index in [9.17, 15) is 9.59 Å². The molecule has 160 valence electrons. The Balaban J connectivity index is 1.72. The van der Waals surface area contributed by atoms with Crippen LogP contribution in [0.1, 0.15) is 50.8 Å². The highest BCUT2D eigenvalue weighted by molar-refractivity contribution is 5.92. The molecule has 4 bridgehead atoms. The first-order chi connectivity index (χ1) is 14.5. The van der Waals surface area contributed by atoms with Crippen LogP contribution in [0.2, 0.25) is 0 Å². The molecular weight excluding hydrogens is 380 g/mol. The third-order valence-electron chi connectivity index (χ3n) is 7.53. The van der Waals surface area contributed by atoms with E-state index in [0.29, 0.717) is 17.6 Å². The Hall–Kier alpha value is -2.34. The lowest BCUT2D eigenvalue weighted by molar-refractivity contribution is -0.162. The van der Waals surface area contributed by atoms with Crippen LogP contribution >= 0.6 is 0 Å². The number of methoxy groups -OCH3 is 1. The summed E-state index contributed by atoms with van der Waals surface area (Å²) in [5, 5.41) is 1.05. The lowest BCUT2D eigenvalue weighted by Crippen LogP contribution is -2.67. The van der Waals surface area contributed by atoms with Crippen LogP contribution in [0.25, 0.3) is 10.9 Å². The zero-order chi connectivity index (χ0) is 21.0. The molecule has 1 aliphatic carbocycles. The van der Waals surface area contributed by atoms with E-state index in [0.717, 1.165) is 55.4 Å². The van der Waals surface area contributed by atoms with Crippen molar-refractivity contribution in [2.45, 2.75) is 57.4 Å². The zero-order valence-electron chi connectivity index (χ0n) is 18.0. The summed E-state index contributed by atoms with van der Waals surface area (Å²) in [5.74, 6) is 1.12. The number of carbonyl (C=O) groups is 2. The summed E-state index contributed by atoms with van der Waals surface area (Å²) in [7, 11) is 1.52. The normalized spacial score (nSPS) is 31.8. The number of aromatic nitrogens is 1. The fraction of sp³-hybridized carbons (Fsp3) is 0.583. The fourth-order valence-corrected chi connectivity index (χ4v) is 6.78. The van der Waals surface area contributed by atoms with Crippen LogP contribution < -0.4 is 4.74 Å². The molecular formula is C24H30N2O4. The molecule has 30 heavy (non-hydrogen) atoms. The van der Waals surface area contributed by atoms with E-state index in [2.05, 4.69) is 16.8 Å². The summed E-state index contributed by atoms with van der Waals surface area (Å²) in [6.45, 7) is 5.66. The van der Waals surface area contributed by atoms with Gasteiger partial charge in [-0.3, -0.25) is 14.5 Å². The number of H-pyrrole nitrogens is 1. The number of nitrogens with zero attached hydrogens (tertiary/aromatic N) is 1. The van der Waals surface area contributed by atoms with Crippen molar-refractivity contribution in [2.24, 2.45) is 11.8 Å². The monoisotopic (exact) mass is 410 g/mol. The highest BCUT2D eigenvalue weighted by atomic mass is 16.5. The van der Waals surface area contributed by atoms with Crippen LogP contribution in [0.5, 0.6) is 5.75 Å². The van der Waals surface area contributed by atoms with Crippen molar-refractivity contribution in [1.82, 2.24) is 9.88 Å². The second kappa shape index (κ2) is 7.12. The van der Waals surface area contributed by atoms with E-state index in [-0.39, 0.29) is 18.0 Å². The fourth-order valence-electron chi connectivity index (χ4n) is 6.78. The summed E-state index contributed by atoms with van der Waals surface area (Å²) in [4.78, 5) is 31.1. The van der Waals surface area contributed by atoms with Crippen LogP contribution in [0.4, 0.5) is 0 Å². The lowest BCUT2D eigenvalue weighted by atomic mass is 9.56. The van der Waals surface area contributed by atoms with Gasteiger partial charge in [-0.05, 0) is 61.3 Å². The van der Waals surface area contributed by atoms with Gasteiger partial charge in [0.15, 0.2) is 0 Å². The van der Waals surface area contributed by atoms with Gasteiger partial charge in [0, 0.05) is 42.7 Å². The average molecular weight is 411 g/mol. The Bertz CT molecular complexity index is 1010. The molecule has 1 N–H and O–H groups in total. The van der Waals surface area contributed by atoms with Crippen molar-refractivity contribution in [1.29, 1.82) is 0 Å². The second-order valence-corrected chi connectivity index (χ2v) is 9.29. The van der Waals surface area contributed by atoms with E-state index >= 15 is 0 Å². The van der Waals surface area contributed by atoms with Crippen molar-refractivity contribution < 1.29 is 19.1 Å². The Labute approximate surface area is 176 Å². The minimum Gasteiger partial charge on any atom is -0.468 e. The van der Waals surface area contributed by atoms with Crippen LogP contribution in [-0.4, -0.2) is 48.1 Å². The minimum atomic E-state index is -0.651. The number of hydrogen-bond donors (Lipinski definition) is 1. The van der Waals surface area contributed by atoms with Gasteiger partial charge in [0.05, 0.1) is 7.11 Å². The third kappa shape index (κ3) is 2.73. The van der Waals surface area contributed by atoms with Crippen molar-refractivity contribution >= 4 is 22.8 Å². The summed E-state index contributed by atoms with van der Waals surface area (Å²) >= 11 is 0. The molecule has 2 saturated heterocycles. The zero-order valence-corrected chi connectivity index (χ0v) is 18.0. The van der Waals surface area contributed by atoms with E-state index in [4.69, 9.17) is 9.47 Å². The summed E-state index contributed by atoms with van der Waals surface area (Å²) < 4.78 is 10.8. The molecule has 0 spiro atoms. The van der Waals surface area contributed by atoms with Gasteiger partial charge in [-0.2, -0.15) is 0 Å². The number of benzene rings is 1. The summed E-state index contributed by atoms with van der Waals surface area (Å²) in [6.07, 6.45) is 5.20. The molecule has 5 atom stereocenters. The SMILES string of the molecule is CCCC1CC2CN3CCc4c([nH]c5ccc(OC(C)=O)cc45)C(C(=O)OC)(C2)C13. The Morgan fingerprint density at radius 3 is 2.90 bits per heavy atom. The molecule has 6 rings (SSSR count). The second-order valence-electron chi connectivity index (χ2n) is 9.29. The first-order valence-corrected chi connectivity index (χ1v) is 11.1. The minimum absolute atomic E-state index is 0.113. The van der Waals surface area contributed by atoms with E-state index in [1.807, 2.05) is 18.2 Å². The Morgan fingerprint density at radius 1 is 1.33 bits per heavy atom. The molecule has 3 fully saturated rings. The maximum atomic E-state index is 13.5. The smallest absolute Gasteiger partial charge is 0.319 e. The third-order valence-corrected chi connectivity index (χ3v) is 7.53. The highest BCUT2D eigenvalue weighted by Crippen LogP contribution is 2.55. The number of piperidine rings is 2. The van der Waals surface area contributed by atoms with Gasteiger partial charge in [-0.15, -0.1) is 0 Å². The molecule has 1 saturated carbocycles. The predicted octanol–water partition coefficient (Wildman–Crippen LogP) is 3.57. The number of rotatable bonds is 4. The largest absolute Gasteiger partial charge is 0.468 e. The molecule has 1 aromatic carbocycles. The van der Waals surface area contributed by atoms with Crippen LogP contribution in [-0.2, 0) is 26.2 Å². The number of nitrogens with one attached hydrogen (secondary N) is 1. The summed E-state index contributed by atoms with van der Waals surface area (Å²) in [5.41, 5.74) is 2.54. The predicted molar refractivity (Wildman–Crippen MR) is 113 cm³/mol.